The molecule has 0 radical (unpaired) electrons. The van der Waals surface area contributed by atoms with Gasteiger partial charge in [0.05, 0.1) is 0 Å². The van der Waals surface area contributed by atoms with E-state index in [1.807, 2.05) is 0 Å². The van der Waals surface area contributed by atoms with Gasteiger partial charge in [-0.25, -0.2) is 0 Å². The molecule has 0 aromatic carbocycles. The molecule has 40 valence electrons. The largest absolute Gasteiger partial charge is 2.00 e. The fourth-order valence-electron chi connectivity index (χ4n) is 0. The molecule has 7 heavy (non-hydrogen) atoms. The van der Waals surface area contributed by atoms with Crippen molar-refractivity contribution < 1.29 is 24.9 Å². The molecule has 0 rings (SSSR count). The van der Waals surface area contributed by atoms with Gasteiger partial charge in [-0.15, -0.1) is 0 Å². The summed E-state index contributed by atoms with van der Waals surface area (Å²) in [5.41, 5.74) is 0. The van der Waals surface area contributed by atoms with Gasteiger partial charge in [0.15, 0.2) is 0 Å². The third-order valence-electron chi connectivity index (χ3n) is 0. The normalized spacial score (nSPS) is 8.57. The van der Waals surface area contributed by atoms with Crippen molar-refractivity contribution in [2.75, 3.05) is 0 Å². The van der Waals surface area contributed by atoms with E-state index in [9.17, 15) is 0 Å². The number of hydrogen-bond donors (Lipinski definition) is 4. The zero-order chi connectivity index (χ0) is 4.50. The van der Waals surface area contributed by atoms with Crippen LogP contribution in [0.4, 0.5) is 0 Å². The Morgan fingerprint density at radius 2 is 1.00 bits per heavy atom. The Kier molecular flexibility index (Phi) is 15.1. The molecule has 0 fully saturated rings. The summed E-state index contributed by atoms with van der Waals surface area (Å²) in [7, 11) is -4.61. The molecule has 0 spiro atoms. The van der Waals surface area contributed by atoms with Crippen LogP contribution in [-0.2, 0) is 0 Å². The van der Waals surface area contributed by atoms with E-state index in [4.69, 9.17) is 19.2 Å². The molecule has 0 aromatic heterocycles. The predicted octanol–water partition coefficient (Wildman–Crippen LogP) is -2.92. The molecule has 0 saturated heterocycles. The maximum atomic E-state index is 7.33. The summed E-state index contributed by atoms with van der Waals surface area (Å²) in [4.78, 5) is 29.3. The third kappa shape index (κ3) is 59.9. The molecule has 0 heterocycles. The van der Waals surface area contributed by atoms with Crippen LogP contribution in [0.3, 0.4) is 0 Å². The van der Waals surface area contributed by atoms with Gasteiger partial charge in [0.25, 0.3) is 0 Å². The van der Waals surface area contributed by atoms with Crippen molar-refractivity contribution in [1.82, 2.24) is 0 Å². The van der Waals surface area contributed by atoms with E-state index in [0.717, 1.165) is 0 Å². The topological polar surface area (TPSA) is 80.9 Å². The Hall–Kier alpha value is 2.39. The molecule has 4 nitrogen and oxygen atoms in total. The molecule has 0 atom stereocenters. The first-order valence-corrected chi connectivity index (χ1v) is 2.68. The van der Waals surface area contributed by atoms with E-state index in [1.54, 1.807) is 0 Å². The van der Waals surface area contributed by atoms with Crippen molar-refractivity contribution in [3.63, 3.8) is 0 Å². The van der Waals surface area contributed by atoms with Crippen LogP contribution in [0, 0.1) is 0 Å². The van der Waals surface area contributed by atoms with Crippen LogP contribution in [0.5, 0.6) is 0 Å². The maximum Gasteiger partial charge on any atom is 2.00 e. The summed E-state index contributed by atoms with van der Waals surface area (Å²) in [6.07, 6.45) is 0. The maximum absolute atomic E-state index is 7.33. The Balaban J connectivity index is -0.00000000533. The molecular weight excluding hydrogens is 254 g/mol. The minimum absolute atomic E-state index is 0. The molecule has 0 saturated carbocycles. The molecule has 0 unspecified atom stereocenters. The number of rotatable bonds is 0. The van der Waals surface area contributed by atoms with Crippen LogP contribution in [0.2, 0.25) is 0 Å². The monoisotopic (exact) mass is 262 g/mol. The SMILES string of the molecule is O[Si](O)(O)O.[Ba+2].[H-].[H-].[H-].[H-].[Mg+2]. The zero-order valence-corrected chi connectivity index (χ0v) is 10.6. The van der Waals surface area contributed by atoms with Gasteiger partial charge in [-0.1, -0.05) is 0 Å². The minimum Gasteiger partial charge on any atom is -1.00 e. The average Bonchev–Trinajstić information content (AvgIpc) is 0.722. The van der Waals surface area contributed by atoms with Crippen molar-refractivity contribution in [2.45, 2.75) is 0 Å². The summed E-state index contributed by atoms with van der Waals surface area (Å²) in [6, 6.07) is 0. The van der Waals surface area contributed by atoms with E-state index in [2.05, 4.69) is 0 Å². The summed E-state index contributed by atoms with van der Waals surface area (Å²) >= 11 is 0. The van der Waals surface area contributed by atoms with Gasteiger partial charge in [-0.3, -0.25) is 0 Å². The molecule has 0 aliphatic carbocycles. The zero-order valence-electron chi connectivity index (χ0n) is 7.70. The molecule has 0 aromatic rings. The summed E-state index contributed by atoms with van der Waals surface area (Å²) in [5.74, 6) is 0. The molecule has 0 aliphatic heterocycles. The van der Waals surface area contributed by atoms with Crippen LogP contribution >= 0.6 is 0 Å². The fraction of sp³-hybridized carbons (Fsp3) is 0. The summed E-state index contributed by atoms with van der Waals surface area (Å²) in [5, 5.41) is 0. The van der Waals surface area contributed by atoms with Gasteiger partial charge in [0, 0.05) is 0 Å². The summed E-state index contributed by atoms with van der Waals surface area (Å²) in [6.45, 7) is 0. The van der Waals surface area contributed by atoms with Gasteiger partial charge >= 0.3 is 81.0 Å². The Morgan fingerprint density at radius 3 is 1.00 bits per heavy atom. The van der Waals surface area contributed by atoms with E-state index in [0.29, 0.717) is 0 Å². The predicted molar refractivity (Wildman–Crippen MR) is 30.6 cm³/mol. The van der Waals surface area contributed by atoms with Crippen LogP contribution in [0.15, 0.2) is 0 Å². The Labute approximate surface area is 104 Å². The van der Waals surface area contributed by atoms with Crippen LogP contribution in [0.1, 0.15) is 5.71 Å². The first-order chi connectivity index (χ1) is 2.00. The molecule has 7 heteroatoms. The second kappa shape index (κ2) is 6.51. The van der Waals surface area contributed by atoms with E-state index in [1.165, 1.54) is 0 Å². The standard InChI is InChI=1S/Ba.Mg.H4O4Si.4H/c;;1-5(2,3)4;;;;/h;;1-4H;;;;/q2*+2;;4*-1. The van der Waals surface area contributed by atoms with Crippen molar-refractivity contribution in [3.05, 3.63) is 0 Å². The van der Waals surface area contributed by atoms with Crippen molar-refractivity contribution in [1.29, 1.82) is 0 Å². The Morgan fingerprint density at radius 1 is 1.00 bits per heavy atom. The molecule has 0 amide bonds. The third-order valence-corrected chi connectivity index (χ3v) is 0. The van der Waals surface area contributed by atoms with Crippen molar-refractivity contribution >= 4 is 81.0 Å². The molecule has 0 bridgehead atoms. The average molecular weight is 262 g/mol. The second-order valence-electron chi connectivity index (χ2n) is 0.600. The van der Waals surface area contributed by atoms with E-state index >= 15 is 0 Å². The van der Waals surface area contributed by atoms with Crippen molar-refractivity contribution in [3.8, 4) is 0 Å². The van der Waals surface area contributed by atoms with Gasteiger partial charge in [-0.05, 0) is 0 Å². The quantitative estimate of drug-likeness (QED) is 0.352. The van der Waals surface area contributed by atoms with E-state index < -0.39 is 9.05 Å². The van der Waals surface area contributed by atoms with E-state index in [-0.39, 0.29) is 77.6 Å². The van der Waals surface area contributed by atoms with Crippen LogP contribution in [-0.4, -0.2) is 100 Å². The molecule has 0 aliphatic rings. The van der Waals surface area contributed by atoms with Gasteiger partial charge in [0.2, 0.25) is 0 Å². The second-order valence-corrected chi connectivity index (χ2v) is 1.80. The first-order valence-electron chi connectivity index (χ1n) is 0.894. The molecular formula is H8BaMgO4Si. The van der Waals surface area contributed by atoms with Gasteiger partial charge in [0.1, 0.15) is 0 Å². The van der Waals surface area contributed by atoms with Crippen LogP contribution < -0.4 is 0 Å². The van der Waals surface area contributed by atoms with Crippen LogP contribution in [0.25, 0.3) is 0 Å². The van der Waals surface area contributed by atoms with Gasteiger partial charge in [-0.2, -0.15) is 0 Å². The first kappa shape index (κ1) is 16.2. The minimum atomic E-state index is -4.61. The van der Waals surface area contributed by atoms with Gasteiger partial charge < -0.3 is 24.9 Å². The molecule has 4 N–H and O–H groups in total. The Bertz CT molecular complexity index is 37.6. The number of hydrogen-bond acceptors (Lipinski definition) is 4. The smallest absolute Gasteiger partial charge is 1.00 e. The van der Waals surface area contributed by atoms with Crippen molar-refractivity contribution in [2.24, 2.45) is 0 Å². The fourth-order valence-corrected chi connectivity index (χ4v) is 0. The summed E-state index contributed by atoms with van der Waals surface area (Å²) < 4.78 is 0.